The molecule has 94 valence electrons. The summed E-state index contributed by atoms with van der Waals surface area (Å²) in [4.78, 5) is 12.6. The summed E-state index contributed by atoms with van der Waals surface area (Å²) in [6.07, 6.45) is 0. The molecule has 0 spiro atoms. The van der Waals surface area contributed by atoms with Gasteiger partial charge in [-0.2, -0.15) is 0 Å². The Labute approximate surface area is 116 Å². The van der Waals surface area contributed by atoms with Gasteiger partial charge in [0.1, 0.15) is 5.88 Å². The third-order valence-corrected chi connectivity index (χ3v) is 3.84. The summed E-state index contributed by atoms with van der Waals surface area (Å²) in [7, 11) is 0. The molecule has 2 rings (SSSR count). The number of hydrogen-bond donors (Lipinski definition) is 1. The summed E-state index contributed by atoms with van der Waals surface area (Å²) >= 11 is 7.19. The smallest absolute Gasteiger partial charge is 0.235 e. The van der Waals surface area contributed by atoms with Gasteiger partial charge in [0.2, 0.25) is 5.91 Å². The van der Waals surface area contributed by atoms with Gasteiger partial charge in [-0.05, 0) is 23.9 Å². The molecule has 2 aromatic rings. The van der Waals surface area contributed by atoms with Gasteiger partial charge in [-0.3, -0.25) is 4.79 Å². The summed E-state index contributed by atoms with van der Waals surface area (Å²) in [6.45, 7) is 2.04. The average molecular weight is 280 g/mol. The van der Waals surface area contributed by atoms with E-state index in [0.29, 0.717) is 0 Å². The highest BCUT2D eigenvalue weighted by Gasteiger charge is 2.17. The Hall–Kier alpha value is -1.32. The zero-order valence-electron chi connectivity index (χ0n) is 10.0. The molecule has 0 aliphatic heterocycles. The van der Waals surface area contributed by atoms with Crippen molar-refractivity contribution in [1.82, 2.24) is 5.32 Å². The Kier molecular flexibility index (Phi) is 4.39. The van der Waals surface area contributed by atoms with Gasteiger partial charge in [0, 0.05) is 4.88 Å². The Balaban J connectivity index is 2.30. The van der Waals surface area contributed by atoms with Crippen molar-refractivity contribution in [2.75, 3.05) is 5.88 Å². The van der Waals surface area contributed by atoms with Crippen molar-refractivity contribution in [2.24, 2.45) is 0 Å². The Morgan fingerprint density at radius 1 is 1.33 bits per heavy atom. The fourth-order valence-electron chi connectivity index (χ4n) is 1.73. The van der Waals surface area contributed by atoms with E-state index in [2.05, 4.69) is 5.32 Å². The Bertz CT molecular complexity index is 507. The van der Waals surface area contributed by atoms with Crippen LogP contribution in [0, 0.1) is 6.92 Å². The normalized spacial score (nSPS) is 12.1. The summed E-state index contributed by atoms with van der Waals surface area (Å²) in [5.74, 6) is -0.177. The summed E-state index contributed by atoms with van der Waals surface area (Å²) in [5.41, 5.74) is 2.27. The van der Waals surface area contributed by atoms with E-state index in [9.17, 15) is 4.79 Å². The van der Waals surface area contributed by atoms with Crippen molar-refractivity contribution in [1.29, 1.82) is 0 Å². The van der Waals surface area contributed by atoms with Gasteiger partial charge in [0.25, 0.3) is 0 Å². The van der Waals surface area contributed by atoms with Crippen LogP contribution < -0.4 is 5.32 Å². The third-order valence-electron chi connectivity index (χ3n) is 2.67. The first-order chi connectivity index (χ1) is 8.70. The lowest BCUT2D eigenvalue weighted by molar-refractivity contribution is -0.119. The molecule has 4 heteroatoms. The SMILES string of the molecule is Cc1ccc(C(NC(=O)CCl)c2cccs2)cc1. The summed E-state index contributed by atoms with van der Waals surface area (Å²) < 4.78 is 0. The van der Waals surface area contributed by atoms with E-state index < -0.39 is 0 Å². The van der Waals surface area contributed by atoms with Crippen LogP contribution in [0.2, 0.25) is 0 Å². The molecular weight excluding hydrogens is 266 g/mol. The summed E-state index contributed by atoms with van der Waals surface area (Å²) in [5, 5.41) is 4.95. The number of carbonyl (C=O) groups is 1. The van der Waals surface area contributed by atoms with Gasteiger partial charge in [0.15, 0.2) is 0 Å². The third kappa shape index (κ3) is 3.12. The van der Waals surface area contributed by atoms with Gasteiger partial charge in [0.05, 0.1) is 6.04 Å². The predicted molar refractivity (Wildman–Crippen MR) is 76.2 cm³/mol. The molecule has 0 radical (unpaired) electrons. The van der Waals surface area contributed by atoms with Crippen LogP contribution in [0.1, 0.15) is 22.0 Å². The van der Waals surface area contributed by atoms with Gasteiger partial charge in [-0.15, -0.1) is 22.9 Å². The number of benzene rings is 1. The number of aryl methyl sites for hydroxylation is 1. The molecule has 1 aromatic carbocycles. The number of hydrogen-bond acceptors (Lipinski definition) is 2. The fourth-order valence-corrected chi connectivity index (χ4v) is 2.61. The fraction of sp³-hybridized carbons (Fsp3) is 0.214. The molecule has 0 fully saturated rings. The van der Waals surface area contributed by atoms with E-state index in [4.69, 9.17) is 11.6 Å². The minimum atomic E-state index is -0.157. The number of rotatable bonds is 4. The van der Waals surface area contributed by atoms with Crippen LogP contribution in [-0.4, -0.2) is 11.8 Å². The molecule has 2 nitrogen and oxygen atoms in total. The van der Waals surface area contributed by atoms with E-state index in [1.807, 2.05) is 48.7 Å². The van der Waals surface area contributed by atoms with Crippen molar-refractivity contribution in [3.05, 3.63) is 57.8 Å². The Morgan fingerprint density at radius 2 is 2.06 bits per heavy atom. The number of alkyl halides is 1. The van der Waals surface area contributed by atoms with Gasteiger partial charge in [-0.25, -0.2) is 0 Å². The van der Waals surface area contributed by atoms with Crippen molar-refractivity contribution < 1.29 is 4.79 Å². The maximum atomic E-state index is 11.5. The van der Waals surface area contributed by atoms with E-state index in [-0.39, 0.29) is 17.8 Å². The lowest BCUT2D eigenvalue weighted by Crippen LogP contribution is -2.29. The van der Waals surface area contributed by atoms with Crippen LogP contribution >= 0.6 is 22.9 Å². The number of nitrogens with one attached hydrogen (secondary N) is 1. The van der Waals surface area contributed by atoms with Crippen LogP contribution in [0.15, 0.2) is 41.8 Å². The number of thiophene rings is 1. The highest BCUT2D eigenvalue weighted by Crippen LogP contribution is 2.26. The van der Waals surface area contributed by atoms with Crippen molar-refractivity contribution >= 4 is 28.8 Å². The van der Waals surface area contributed by atoms with E-state index in [1.54, 1.807) is 11.3 Å². The van der Waals surface area contributed by atoms with E-state index >= 15 is 0 Å². The van der Waals surface area contributed by atoms with Gasteiger partial charge in [-0.1, -0.05) is 35.9 Å². The molecule has 18 heavy (non-hydrogen) atoms. The van der Waals surface area contributed by atoms with Crippen LogP contribution in [0.5, 0.6) is 0 Å². The number of amides is 1. The molecule has 0 saturated carbocycles. The molecule has 0 aliphatic carbocycles. The van der Waals surface area contributed by atoms with E-state index in [0.717, 1.165) is 10.4 Å². The zero-order valence-corrected chi connectivity index (χ0v) is 11.6. The second kappa shape index (κ2) is 6.03. The zero-order chi connectivity index (χ0) is 13.0. The van der Waals surface area contributed by atoms with Gasteiger partial charge >= 0.3 is 0 Å². The molecule has 1 N–H and O–H groups in total. The lowest BCUT2D eigenvalue weighted by atomic mass is 10.0. The number of halogens is 1. The molecule has 0 saturated heterocycles. The largest absolute Gasteiger partial charge is 0.343 e. The van der Waals surface area contributed by atoms with E-state index in [1.165, 1.54) is 5.56 Å². The molecule has 1 unspecified atom stereocenters. The first kappa shape index (κ1) is 13.1. The van der Waals surface area contributed by atoms with Crippen LogP contribution in [0.4, 0.5) is 0 Å². The average Bonchev–Trinajstić information content (AvgIpc) is 2.90. The highest BCUT2D eigenvalue weighted by molar-refractivity contribution is 7.10. The first-order valence-electron chi connectivity index (χ1n) is 5.66. The summed E-state index contributed by atoms with van der Waals surface area (Å²) in [6, 6.07) is 12.0. The highest BCUT2D eigenvalue weighted by atomic mass is 35.5. The maximum absolute atomic E-state index is 11.5. The minimum absolute atomic E-state index is 0.0201. The van der Waals surface area contributed by atoms with Crippen molar-refractivity contribution in [2.45, 2.75) is 13.0 Å². The quantitative estimate of drug-likeness (QED) is 0.853. The Morgan fingerprint density at radius 3 is 2.61 bits per heavy atom. The van der Waals surface area contributed by atoms with Crippen LogP contribution in [0.3, 0.4) is 0 Å². The first-order valence-corrected chi connectivity index (χ1v) is 7.07. The standard InChI is InChI=1S/C14H14ClNOS/c1-10-4-6-11(7-5-10)14(16-13(17)9-15)12-3-2-8-18-12/h2-8,14H,9H2,1H3,(H,16,17). The molecule has 1 amide bonds. The molecular formula is C14H14ClNOS. The molecule has 1 heterocycles. The lowest BCUT2D eigenvalue weighted by Gasteiger charge is -2.17. The van der Waals surface area contributed by atoms with Crippen LogP contribution in [-0.2, 0) is 4.79 Å². The van der Waals surface area contributed by atoms with Gasteiger partial charge < -0.3 is 5.32 Å². The molecule has 0 bridgehead atoms. The monoisotopic (exact) mass is 279 g/mol. The molecule has 1 atom stereocenters. The predicted octanol–water partition coefficient (Wildman–Crippen LogP) is 3.50. The molecule has 0 aliphatic rings. The minimum Gasteiger partial charge on any atom is -0.343 e. The molecule has 1 aromatic heterocycles. The second-order valence-electron chi connectivity index (χ2n) is 4.06. The second-order valence-corrected chi connectivity index (χ2v) is 5.31. The van der Waals surface area contributed by atoms with Crippen molar-refractivity contribution in [3.63, 3.8) is 0 Å². The van der Waals surface area contributed by atoms with Crippen LogP contribution in [0.25, 0.3) is 0 Å². The van der Waals surface area contributed by atoms with Crippen molar-refractivity contribution in [3.8, 4) is 0 Å². The topological polar surface area (TPSA) is 29.1 Å². The maximum Gasteiger partial charge on any atom is 0.235 e. The number of carbonyl (C=O) groups excluding carboxylic acids is 1.